The Labute approximate surface area is 313 Å². The van der Waals surface area contributed by atoms with Crippen LogP contribution >= 0.6 is 0 Å². The largest absolute Gasteiger partial charge is 0.468 e. The van der Waals surface area contributed by atoms with Gasteiger partial charge in [-0.15, -0.1) is 0 Å². The van der Waals surface area contributed by atoms with Crippen LogP contribution < -0.4 is 0 Å². The molecule has 3 heterocycles. The second-order valence-corrected chi connectivity index (χ2v) is 14.3. The summed E-state index contributed by atoms with van der Waals surface area (Å²) in [6, 6.07) is 27.5. The van der Waals surface area contributed by atoms with Gasteiger partial charge in [-0.25, -0.2) is 9.42 Å². The summed E-state index contributed by atoms with van der Waals surface area (Å²) < 4.78 is 15.9. The van der Waals surface area contributed by atoms with Crippen LogP contribution in [0.15, 0.2) is 99.8 Å². The number of benzene rings is 3. The van der Waals surface area contributed by atoms with Gasteiger partial charge in [0.05, 0.1) is 25.3 Å². The SMILES string of the molecule is COC(=O)C1C(C)=NC(C)=C(C(=O)OCCCCCCCCCCN2CCN(C(c3ccccc3)c3ccccc3)CC2)[C@@H]1c1cccc2nonc12. The van der Waals surface area contributed by atoms with Crippen LogP contribution in [0.5, 0.6) is 0 Å². The molecule has 3 aromatic carbocycles. The Balaban J connectivity index is 0.879. The number of carbonyl (C=O) groups excluding carboxylic acids is 2. The maximum Gasteiger partial charge on any atom is 0.336 e. The molecule has 280 valence electrons. The van der Waals surface area contributed by atoms with Crippen molar-refractivity contribution in [3.63, 3.8) is 0 Å². The summed E-state index contributed by atoms with van der Waals surface area (Å²) >= 11 is 0. The molecule has 1 unspecified atom stereocenters. The molecule has 0 saturated carbocycles. The molecule has 0 bridgehead atoms. The molecule has 2 aliphatic rings. The van der Waals surface area contributed by atoms with E-state index in [1.165, 1.54) is 56.9 Å². The number of methoxy groups -OCH3 is 1. The molecule has 6 rings (SSSR count). The first kappa shape index (κ1) is 38.1. The van der Waals surface area contributed by atoms with Gasteiger partial charge in [-0.05, 0) is 66.3 Å². The first-order valence-electron chi connectivity index (χ1n) is 19.2. The summed E-state index contributed by atoms with van der Waals surface area (Å²) in [6.07, 6.45) is 9.07. The monoisotopic (exact) mass is 719 g/mol. The smallest absolute Gasteiger partial charge is 0.336 e. The van der Waals surface area contributed by atoms with Crippen LogP contribution in [0, 0.1) is 5.92 Å². The van der Waals surface area contributed by atoms with E-state index in [2.05, 4.69) is 85.8 Å². The summed E-state index contributed by atoms with van der Waals surface area (Å²) in [5.74, 6) is -2.42. The van der Waals surface area contributed by atoms with Crippen molar-refractivity contribution in [1.29, 1.82) is 0 Å². The van der Waals surface area contributed by atoms with Gasteiger partial charge in [0, 0.05) is 43.5 Å². The van der Waals surface area contributed by atoms with E-state index in [1.54, 1.807) is 19.9 Å². The minimum Gasteiger partial charge on any atom is -0.468 e. The summed E-state index contributed by atoms with van der Waals surface area (Å²) in [5.41, 5.74) is 5.85. The Morgan fingerprint density at radius 3 is 2.04 bits per heavy atom. The highest BCUT2D eigenvalue weighted by Gasteiger charge is 2.43. The van der Waals surface area contributed by atoms with Crippen LogP contribution in [-0.2, 0) is 19.1 Å². The van der Waals surface area contributed by atoms with Crippen molar-refractivity contribution in [2.24, 2.45) is 10.9 Å². The van der Waals surface area contributed by atoms with Gasteiger partial charge in [-0.2, -0.15) is 0 Å². The molecule has 0 aliphatic carbocycles. The number of esters is 2. The maximum atomic E-state index is 13.6. The molecule has 2 atom stereocenters. The second-order valence-electron chi connectivity index (χ2n) is 14.3. The molecule has 1 saturated heterocycles. The summed E-state index contributed by atoms with van der Waals surface area (Å²) in [4.78, 5) is 36.4. The fraction of sp³-hybridized carbons (Fsp3) is 0.465. The van der Waals surface area contributed by atoms with Crippen molar-refractivity contribution in [2.75, 3.05) is 46.4 Å². The van der Waals surface area contributed by atoms with E-state index in [4.69, 9.17) is 14.1 Å². The van der Waals surface area contributed by atoms with Crippen molar-refractivity contribution in [2.45, 2.75) is 77.2 Å². The van der Waals surface area contributed by atoms with Crippen molar-refractivity contribution in [1.82, 2.24) is 20.1 Å². The lowest BCUT2D eigenvalue weighted by Crippen LogP contribution is -2.48. The minimum atomic E-state index is -0.795. The fourth-order valence-corrected chi connectivity index (χ4v) is 8.02. The molecule has 0 amide bonds. The predicted octanol–water partition coefficient (Wildman–Crippen LogP) is 7.92. The molecule has 1 fully saturated rings. The number of hydrogen-bond donors (Lipinski definition) is 0. The lowest BCUT2D eigenvalue weighted by molar-refractivity contribution is -0.144. The lowest BCUT2D eigenvalue weighted by Gasteiger charge is -2.39. The van der Waals surface area contributed by atoms with E-state index in [0.717, 1.165) is 45.4 Å². The van der Waals surface area contributed by atoms with E-state index in [1.807, 2.05) is 12.1 Å². The van der Waals surface area contributed by atoms with Crippen LogP contribution in [0.4, 0.5) is 0 Å². The van der Waals surface area contributed by atoms with E-state index in [-0.39, 0.29) is 0 Å². The number of allylic oxidation sites excluding steroid dienone is 1. The number of carbonyl (C=O) groups is 2. The standard InChI is InChI=1S/C43H53N5O5/c1-31-37(42(49)51-3)39(35-23-18-24-36-40(35)46-53-45-36)38(32(2)44-31)43(50)52-30-17-9-7-5-4-6-8-16-25-47-26-28-48(29-27-47)41(33-19-12-10-13-20-33)34-21-14-11-15-22-34/h10-15,18-24,37,39,41H,4-9,16-17,25-30H2,1-3H3/t37?,39-/m1/s1. The average molecular weight is 720 g/mol. The van der Waals surface area contributed by atoms with Crippen molar-refractivity contribution < 1.29 is 23.7 Å². The molecule has 10 heteroatoms. The minimum absolute atomic E-state index is 0.307. The zero-order valence-electron chi connectivity index (χ0n) is 31.4. The van der Waals surface area contributed by atoms with Crippen LogP contribution in [0.25, 0.3) is 11.0 Å². The second kappa shape index (κ2) is 18.9. The van der Waals surface area contributed by atoms with Crippen LogP contribution in [0.1, 0.15) is 93.9 Å². The molecule has 10 nitrogen and oxygen atoms in total. The van der Waals surface area contributed by atoms with E-state index >= 15 is 0 Å². The molecule has 4 aromatic rings. The number of piperazine rings is 1. The average Bonchev–Trinajstić information content (AvgIpc) is 3.67. The zero-order valence-corrected chi connectivity index (χ0v) is 31.4. The fourth-order valence-electron chi connectivity index (χ4n) is 8.02. The highest BCUT2D eigenvalue weighted by Crippen LogP contribution is 2.42. The number of unbranched alkanes of at least 4 members (excludes halogenated alkanes) is 7. The van der Waals surface area contributed by atoms with Crippen LogP contribution in [0.2, 0.25) is 0 Å². The first-order valence-corrected chi connectivity index (χ1v) is 19.2. The molecule has 0 N–H and O–H groups in total. The summed E-state index contributed by atoms with van der Waals surface area (Å²) in [7, 11) is 1.34. The Kier molecular flexibility index (Phi) is 13.6. The van der Waals surface area contributed by atoms with Gasteiger partial charge in [-0.1, -0.05) is 111 Å². The zero-order chi connectivity index (χ0) is 37.0. The number of ether oxygens (including phenoxy) is 2. The maximum absolute atomic E-state index is 13.6. The van der Waals surface area contributed by atoms with Crippen LogP contribution in [0.3, 0.4) is 0 Å². The molecular formula is C43H53N5O5. The van der Waals surface area contributed by atoms with Gasteiger partial charge in [0.1, 0.15) is 17.0 Å². The third-order valence-electron chi connectivity index (χ3n) is 10.8. The van der Waals surface area contributed by atoms with E-state index in [9.17, 15) is 9.59 Å². The van der Waals surface area contributed by atoms with E-state index in [0.29, 0.717) is 46.2 Å². The molecule has 0 radical (unpaired) electrons. The molecule has 2 aliphatic heterocycles. The lowest BCUT2D eigenvalue weighted by atomic mass is 9.75. The number of aliphatic imine (C=N–C) groups is 1. The van der Waals surface area contributed by atoms with Gasteiger partial charge in [0.2, 0.25) is 0 Å². The number of aromatic nitrogens is 2. The van der Waals surface area contributed by atoms with Gasteiger partial charge >= 0.3 is 11.9 Å². The predicted molar refractivity (Wildman–Crippen MR) is 206 cm³/mol. The third-order valence-corrected chi connectivity index (χ3v) is 10.8. The van der Waals surface area contributed by atoms with Crippen molar-refractivity contribution >= 4 is 28.7 Å². The third kappa shape index (κ3) is 9.47. The van der Waals surface area contributed by atoms with Crippen molar-refractivity contribution in [3.05, 3.63) is 107 Å². The quantitative estimate of drug-likeness (QED) is 0.0794. The summed E-state index contributed by atoms with van der Waals surface area (Å²) in [5, 5.41) is 8.03. The molecule has 0 spiro atoms. The van der Waals surface area contributed by atoms with Crippen molar-refractivity contribution in [3.8, 4) is 0 Å². The van der Waals surface area contributed by atoms with Gasteiger partial charge < -0.3 is 14.4 Å². The Bertz CT molecular complexity index is 1810. The number of nitrogens with zero attached hydrogens (tertiary/aromatic N) is 5. The van der Waals surface area contributed by atoms with Gasteiger partial charge in [0.15, 0.2) is 0 Å². The van der Waals surface area contributed by atoms with E-state index < -0.39 is 23.8 Å². The van der Waals surface area contributed by atoms with Gasteiger partial charge in [-0.3, -0.25) is 14.7 Å². The first-order chi connectivity index (χ1) is 26.0. The van der Waals surface area contributed by atoms with Crippen LogP contribution in [-0.4, -0.2) is 84.2 Å². The number of fused-ring (bicyclic) bond motifs is 1. The Morgan fingerprint density at radius 2 is 1.40 bits per heavy atom. The topological polar surface area (TPSA) is 110 Å². The Morgan fingerprint density at radius 1 is 0.774 bits per heavy atom. The normalized spacial score (nSPS) is 18.4. The number of rotatable bonds is 17. The Hall–Kier alpha value is -4.67. The highest BCUT2D eigenvalue weighted by atomic mass is 16.6. The summed E-state index contributed by atoms with van der Waals surface area (Å²) in [6.45, 7) is 9.44. The molecular weight excluding hydrogens is 667 g/mol. The molecule has 1 aromatic heterocycles. The molecule has 53 heavy (non-hydrogen) atoms. The number of hydrogen-bond acceptors (Lipinski definition) is 10. The highest BCUT2D eigenvalue weighted by molar-refractivity contribution is 6.07. The van der Waals surface area contributed by atoms with Gasteiger partial charge in [0.25, 0.3) is 0 Å².